The highest BCUT2D eigenvalue weighted by Gasteiger charge is 2.11. The topological polar surface area (TPSA) is 17.1 Å². The van der Waals surface area contributed by atoms with Crippen molar-refractivity contribution in [3.63, 3.8) is 0 Å². The first-order chi connectivity index (χ1) is 9.15. The van der Waals surface area contributed by atoms with Crippen LogP contribution in [0.3, 0.4) is 0 Å². The van der Waals surface area contributed by atoms with Crippen molar-refractivity contribution in [1.82, 2.24) is 0 Å². The number of hydrogen-bond acceptors (Lipinski definition) is 1. The molecule has 0 aliphatic rings. The first-order valence-electron chi connectivity index (χ1n) is 6.57. The highest BCUT2D eigenvalue weighted by atomic mass is 19.1. The van der Waals surface area contributed by atoms with Gasteiger partial charge < -0.3 is 0 Å². The second-order valence-electron chi connectivity index (χ2n) is 4.53. The number of carbonyl (C=O) groups is 1. The third kappa shape index (κ3) is 2.90. The summed E-state index contributed by atoms with van der Waals surface area (Å²) in [6.45, 7) is 4.17. The van der Waals surface area contributed by atoms with E-state index in [1.165, 1.54) is 23.3 Å². The number of hydrogen-bond donors (Lipinski definition) is 0. The zero-order chi connectivity index (χ0) is 13.8. The van der Waals surface area contributed by atoms with E-state index in [0.29, 0.717) is 11.1 Å². The molecule has 0 aliphatic heterocycles. The molecule has 1 nitrogen and oxygen atoms in total. The Morgan fingerprint density at radius 3 is 2.26 bits per heavy atom. The van der Waals surface area contributed by atoms with E-state index in [1.807, 2.05) is 18.2 Å². The summed E-state index contributed by atoms with van der Waals surface area (Å²) < 4.78 is 13.2. The molecule has 0 N–H and O–H groups in total. The maximum absolute atomic E-state index is 13.2. The van der Waals surface area contributed by atoms with Crippen LogP contribution in [-0.4, -0.2) is 5.78 Å². The molecule has 0 radical (unpaired) electrons. The first kappa shape index (κ1) is 13.5. The van der Waals surface area contributed by atoms with E-state index in [2.05, 4.69) is 13.8 Å². The van der Waals surface area contributed by atoms with Crippen LogP contribution in [-0.2, 0) is 12.8 Å². The SMILES string of the molecule is CCc1ccc(C(=O)c2cccc(F)c2)cc1CC. The largest absolute Gasteiger partial charge is 0.289 e. The van der Waals surface area contributed by atoms with Crippen LogP contribution in [0.15, 0.2) is 42.5 Å². The fraction of sp³-hybridized carbons (Fsp3) is 0.235. The maximum Gasteiger partial charge on any atom is 0.193 e. The molecule has 0 aliphatic carbocycles. The van der Waals surface area contributed by atoms with Crippen LogP contribution in [0.4, 0.5) is 4.39 Å². The van der Waals surface area contributed by atoms with Crippen molar-refractivity contribution in [3.8, 4) is 0 Å². The van der Waals surface area contributed by atoms with E-state index < -0.39 is 0 Å². The van der Waals surface area contributed by atoms with Crippen molar-refractivity contribution in [2.24, 2.45) is 0 Å². The van der Waals surface area contributed by atoms with Crippen molar-refractivity contribution in [1.29, 1.82) is 0 Å². The Hall–Kier alpha value is -1.96. The van der Waals surface area contributed by atoms with Gasteiger partial charge in [0.05, 0.1) is 0 Å². The van der Waals surface area contributed by atoms with E-state index in [9.17, 15) is 9.18 Å². The average Bonchev–Trinajstić information content (AvgIpc) is 2.45. The Balaban J connectivity index is 2.39. The summed E-state index contributed by atoms with van der Waals surface area (Å²) in [7, 11) is 0. The van der Waals surface area contributed by atoms with Gasteiger partial charge in [0, 0.05) is 11.1 Å². The van der Waals surface area contributed by atoms with Crippen LogP contribution in [0.2, 0.25) is 0 Å². The molecule has 2 heteroatoms. The second-order valence-corrected chi connectivity index (χ2v) is 4.53. The number of carbonyl (C=O) groups excluding carboxylic acids is 1. The van der Waals surface area contributed by atoms with Crippen molar-refractivity contribution in [2.75, 3.05) is 0 Å². The molecular formula is C17H17FO. The summed E-state index contributed by atoms with van der Waals surface area (Å²) in [6, 6.07) is 11.6. The molecule has 0 fully saturated rings. The van der Waals surface area contributed by atoms with E-state index >= 15 is 0 Å². The summed E-state index contributed by atoms with van der Waals surface area (Å²) in [4.78, 5) is 12.3. The number of halogens is 1. The molecule has 2 aromatic carbocycles. The van der Waals surface area contributed by atoms with Crippen LogP contribution < -0.4 is 0 Å². The molecule has 19 heavy (non-hydrogen) atoms. The molecule has 0 spiro atoms. The van der Waals surface area contributed by atoms with Crippen LogP contribution >= 0.6 is 0 Å². The summed E-state index contributed by atoms with van der Waals surface area (Å²) in [5.74, 6) is -0.511. The molecular weight excluding hydrogens is 239 g/mol. The number of rotatable bonds is 4. The van der Waals surface area contributed by atoms with E-state index in [4.69, 9.17) is 0 Å². The summed E-state index contributed by atoms with van der Waals surface area (Å²) in [5.41, 5.74) is 3.47. The molecule has 2 aromatic rings. The molecule has 0 unspecified atom stereocenters. The minimum absolute atomic E-state index is 0.128. The smallest absolute Gasteiger partial charge is 0.193 e. The van der Waals surface area contributed by atoms with E-state index in [0.717, 1.165) is 12.8 Å². The highest BCUT2D eigenvalue weighted by molar-refractivity contribution is 6.09. The Bertz CT molecular complexity index is 602. The van der Waals surface area contributed by atoms with Crippen LogP contribution in [0, 0.1) is 5.82 Å². The van der Waals surface area contributed by atoms with Crippen molar-refractivity contribution < 1.29 is 9.18 Å². The summed E-state index contributed by atoms with van der Waals surface area (Å²) in [6.07, 6.45) is 1.85. The molecule has 0 saturated carbocycles. The number of benzene rings is 2. The van der Waals surface area contributed by atoms with Gasteiger partial charge in [0.25, 0.3) is 0 Å². The van der Waals surface area contributed by atoms with Gasteiger partial charge in [0.2, 0.25) is 0 Å². The third-order valence-corrected chi connectivity index (χ3v) is 3.32. The van der Waals surface area contributed by atoms with Crippen LogP contribution in [0.25, 0.3) is 0 Å². The van der Waals surface area contributed by atoms with Crippen molar-refractivity contribution >= 4 is 5.78 Å². The van der Waals surface area contributed by atoms with Gasteiger partial charge in [-0.25, -0.2) is 4.39 Å². The normalized spacial score (nSPS) is 10.5. The van der Waals surface area contributed by atoms with Gasteiger partial charge in [-0.2, -0.15) is 0 Å². The Morgan fingerprint density at radius 2 is 1.63 bits per heavy atom. The van der Waals surface area contributed by atoms with Crippen molar-refractivity contribution in [3.05, 3.63) is 70.5 Å². The van der Waals surface area contributed by atoms with Gasteiger partial charge in [-0.05, 0) is 42.2 Å². The molecule has 0 amide bonds. The Labute approximate surface area is 113 Å². The Kier molecular flexibility index (Phi) is 4.10. The first-order valence-corrected chi connectivity index (χ1v) is 6.57. The fourth-order valence-corrected chi connectivity index (χ4v) is 2.24. The molecule has 0 saturated heterocycles. The highest BCUT2D eigenvalue weighted by Crippen LogP contribution is 2.17. The minimum Gasteiger partial charge on any atom is -0.289 e. The average molecular weight is 256 g/mol. The van der Waals surface area contributed by atoms with Gasteiger partial charge in [-0.15, -0.1) is 0 Å². The zero-order valence-corrected chi connectivity index (χ0v) is 11.2. The second kappa shape index (κ2) is 5.79. The van der Waals surface area contributed by atoms with Gasteiger partial charge >= 0.3 is 0 Å². The monoisotopic (exact) mass is 256 g/mol. The standard InChI is InChI=1S/C17H17FO/c1-3-12-8-9-15(10-13(12)4-2)17(19)14-6-5-7-16(18)11-14/h5-11H,3-4H2,1-2H3. The van der Waals surface area contributed by atoms with E-state index in [-0.39, 0.29) is 11.6 Å². The molecule has 98 valence electrons. The molecule has 0 aromatic heterocycles. The molecule has 2 rings (SSSR count). The molecule has 0 heterocycles. The summed E-state index contributed by atoms with van der Waals surface area (Å²) >= 11 is 0. The van der Waals surface area contributed by atoms with Gasteiger partial charge in [0.1, 0.15) is 5.82 Å². The quantitative estimate of drug-likeness (QED) is 0.750. The lowest BCUT2D eigenvalue weighted by Gasteiger charge is -2.08. The number of aryl methyl sites for hydroxylation is 2. The fourth-order valence-electron chi connectivity index (χ4n) is 2.24. The van der Waals surface area contributed by atoms with Crippen LogP contribution in [0.5, 0.6) is 0 Å². The van der Waals surface area contributed by atoms with Gasteiger partial charge in [-0.1, -0.05) is 38.1 Å². The maximum atomic E-state index is 13.2. The Morgan fingerprint density at radius 1 is 0.947 bits per heavy atom. The minimum atomic E-state index is -0.383. The molecule has 0 atom stereocenters. The lowest BCUT2D eigenvalue weighted by Crippen LogP contribution is -2.03. The van der Waals surface area contributed by atoms with E-state index in [1.54, 1.807) is 12.1 Å². The third-order valence-electron chi connectivity index (χ3n) is 3.32. The number of ketones is 1. The zero-order valence-electron chi connectivity index (χ0n) is 11.2. The predicted molar refractivity (Wildman–Crippen MR) is 75.0 cm³/mol. The van der Waals surface area contributed by atoms with Crippen LogP contribution in [0.1, 0.15) is 40.9 Å². The van der Waals surface area contributed by atoms with Crippen molar-refractivity contribution in [2.45, 2.75) is 26.7 Å². The predicted octanol–water partition coefficient (Wildman–Crippen LogP) is 4.18. The summed E-state index contributed by atoms with van der Waals surface area (Å²) in [5, 5.41) is 0. The van der Waals surface area contributed by atoms with Gasteiger partial charge in [-0.3, -0.25) is 4.79 Å². The molecule has 0 bridgehead atoms. The lowest BCUT2D eigenvalue weighted by molar-refractivity contribution is 0.103. The lowest BCUT2D eigenvalue weighted by atomic mass is 9.96. The van der Waals surface area contributed by atoms with Gasteiger partial charge in [0.15, 0.2) is 5.78 Å².